The summed E-state index contributed by atoms with van der Waals surface area (Å²) >= 11 is 5.43. The highest BCUT2D eigenvalue weighted by atomic mass is 79.9. The Morgan fingerprint density at radius 3 is 2.50 bits per heavy atom. The van der Waals surface area contributed by atoms with Gasteiger partial charge in [0.2, 0.25) is 0 Å². The van der Waals surface area contributed by atoms with Crippen LogP contribution in [0.1, 0.15) is 13.0 Å². The van der Waals surface area contributed by atoms with E-state index in [1.165, 1.54) is 16.4 Å². The van der Waals surface area contributed by atoms with Gasteiger partial charge in [-0.05, 0) is 67.2 Å². The van der Waals surface area contributed by atoms with Gasteiger partial charge in [-0.3, -0.25) is 0 Å². The monoisotopic (exact) mass is 401 g/mol. The molecule has 0 amide bonds. The van der Waals surface area contributed by atoms with Gasteiger partial charge in [0.25, 0.3) is 0 Å². The van der Waals surface area contributed by atoms with Crippen LogP contribution in [0.4, 0.5) is 0 Å². The number of thioether (sulfide) groups is 1. The summed E-state index contributed by atoms with van der Waals surface area (Å²) in [5.41, 5.74) is 3.65. The summed E-state index contributed by atoms with van der Waals surface area (Å²) in [7, 11) is 1.70. The summed E-state index contributed by atoms with van der Waals surface area (Å²) in [6.45, 7) is 2.28. The van der Waals surface area contributed by atoms with Gasteiger partial charge in [0, 0.05) is 15.8 Å². The summed E-state index contributed by atoms with van der Waals surface area (Å²) in [5, 5.41) is 1.28. The van der Waals surface area contributed by atoms with Crippen molar-refractivity contribution in [2.45, 2.75) is 18.1 Å². The van der Waals surface area contributed by atoms with Crippen molar-refractivity contribution in [3.8, 4) is 22.7 Å². The highest BCUT2D eigenvalue weighted by Gasteiger charge is 2.35. The Morgan fingerprint density at radius 1 is 1.12 bits per heavy atom. The number of rotatable bonds is 3. The fraction of sp³-hybridized carbons (Fsp3) is 0.211. The van der Waals surface area contributed by atoms with E-state index < -0.39 is 0 Å². The maximum atomic E-state index is 5.28. The fourth-order valence-electron chi connectivity index (χ4n) is 3.06. The van der Waals surface area contributed by atoms with E-state index in [9.17, 15) is 0 Å². The molecule has 1 atom stereocenters. The number of imidazole rings is 1. The second kappa shape index (κ2) is 6.30. The lowest BCUT2D eigenvalue weighted by Crippen LogP contribution is -2.37. The predicted octanol–water partition coefficient (Wildman–Crippen LogP) is 4.87. The zero-order chi connectivity index (χ0) is 16.7. The molecule has 0 saturated carbocycles. The minimum absolute atomic E-state index is 0.489. The van der Waals surface area contributed by atoms with Crippen molar-refractivity contribution < 1.29 is 9.30 Å². The molecule has 0 saturated heterocycles. The second-order valence-electron chi connectivity index (χ2n) is 5.90. The van der Waals surface area contributed by atoms with Crippen LogP contribution < -0.4 is 9.30 Å². The minimum Gasteiger partial charge on any atom is -0.497 e. The van der Waals surface area contributed by atoms with Gasteiger partial charge in [0.15, 0.2) is 5.69 Å². The summed E-state index contributed by atoms with van der Waals surface area (Å²) in [4.78, 5) is 0. The average Bonchev–Trinajstić information content (AvgIpc) is 3.17. The van der Waals surface area contributed by atoms with Gasteiger partial charge in [-0.1, -0.05) is 15.9 Å². The molecule has 3 aromatic rings. The van der Waals surface area contributed by atoms with Crippen molar-refractivity contribution in [3.05, 3.63) is 59.2 Å². The van der Waals surface area contributed by atoms with Crippen LogP contribution in [0.2, 0.25) is 0 Å². The van der Waals surface area contributed by atoms with Crippen molar-refractivity contribution in [1.82, 2.24) is 4.57 Å². The summed E-state index contributed by atoms with van der Waals surface area (Å²) in [6.07, 6.45) is 2.24. The van der Waals surface area contributed by atoms with E-state index in [0.717, 1.165) is 21.7 Å². The summed E-state index contributed by atoms with van der Waals surface area (Å²) in [6, 6.07) is 17.2. The molecule has 0 fully saturated rings. The smallest absolute Gasteiger partial charge is 0.324 e. The predicted molar refractivity (Wildman–Crippen MR) is 101 cm³/mol. The molecule has 4 rings (SSSR count). The van der Waals surface area contributed by atoms with Gasteiger partial charge in [-0.25, -0.2) is 4.57 Å². The topological polar surface area (TPSA) is 18.0 Å². The first-order valence-electron chi connectivity index (χ1n) is 7.87. The molecule has 3 nitrogen and oxygen atoms in total. The van der Waals surface area contributed by atoms with Crippen molar-refractivity contribution >= 4 is 27.7 Å². The quantitative estimate of drug-likeness (QED) is 0.582. The summed E-state index contributed by atoms with van der Waals surface area (Å²) < 4.78 is 11.1. The fourth-order valence-corrected chi connectivity index (χ4v) is 4.57. The number of benzene rings is 2. The molecule has 0 spiro atoms. The van der Waals surface area contributed by atoms with Crippen molar-refractivity contribution in [2.75, 3.05) is 12.9 Å². The maximum absolute atomic E-state index is 5.28. The Kier molecular flexibility index (Phi) is 4.14. The number of hydrogen-bond acceptors (Lipinski definition) is 2. The molecule has 0 aliphatic carbocycles. The molecule has 1 unspecified atom stereocenters. The van der Waals surface area contributed by atoms with E-state index in [2.05, 4.69) is 74.6 Å². The first-order valence-corrected chi connectivity index (χ1v) is 9.65. The van der Waals surface area contributed by atoms with Gasteiger partial charge in [0.1, 0.15) is 23.7 Å². The normalized spacial score (nSPS) is 16.2. The van der Waals surface area contributed by atoms with Crippen LogP contribution in [0, 0.1) is 0 Å². The lowest BCUT2D eigenvalue weighted by molar-refractivity contribution is -0.734. The Hall–Kier alpha value is -1.72. The van der Waals surface area contributed by atoms with Crippen LogP contribution in [-0.2, 0) is 0 Å². The number of halogens is 1. The van der Waals surface area contributed by atoms with E-state index >= 15 is 0 Å². The van der Waals surface area contributed by atoms with E-state index in [1.54, 1.807) is 7.11 Å². The standard InChI is InChI=1S/C19H18BrN2OS/c1-13-12-24-19-21(16-7-9-17(23-2)10-8-16)11-18(22(13)19)14-3-5-15(20)6-4-14/h3-11,13H,12H2,1-2H3/q+1. The van der Waals surface area contributed by atoms with E-state index in [1.807, 2.05) is 23.9 Å². The Bertz CT molecular complexity index is 872. The van der Waals surface area contributed by atoms with E-state index in [4.69, 9.17) is 4.74 Å². The average molecular weight is 402 g/mol. The van der Waals surface area contributed by atoms with Gasteiger partial charge in [0.05, 0.1) is 7.11 Å². The lowest BCUT2D eigenvalue weighted by Gasteiger charge is -2.03. The largest absolute Gasteiger partial charge is 0.497 e. The number of methoxy groups -OCH3 is 1. The highest BCUT2D eigenvalue weighted by molar-refractivity contribution is 9.10. The zero-order valence-corrected chi connectivity index (χ0v) is 16.0. The number of hydrogen-bond donors (Lipinski definition) is 0. The van der Waals surface area contributed by atoms with E-state index in [0.29, 0.717) is 6.04 Å². The lowest BCUT2D eigenvalue weighted by atomic mass is 10.1. The summed E-state index contributed by atoms with van der Waals surface area (Å²) in [5.74, 6) is 1.99. The number of ether oxygens (including phenoxy) is 1. The molecule has 122 valence electrons. The number of fused-ring (bicyclic) bond motifs is 1. The van der Waals surface area contributed by atoms with Crippen LogP contribution >= 0.6 is 27.7 Å². The van der Waals surface area contributed by atoms with Gasteiger partial charge < -0.3 is 4.74 Å². The molecule has 5 heteroatoms. The minimum atomic E-state index is 0.489. The molecule has 1 aliphatic heterocycles. The van der Waals surface area contributed by atoms with Crippen molar-refractivity contribution in [1.29, 1.82) is 0 Å². The van der Waals surface area contributed by atoms with Crippen LogP contribution in [-0.4, -0.2) is 17.4 Å². The van der Waals surface area contributed by atoms with Crippen LogP contribution in [0.3, 0.4) is 0 Å². The van der Waals surface area contributed by atoms with Gasteiger partial charge in [-0.15, -0.1) is 0 Å². The van der Waals surface area contributed by atoms with Gasteiger partial charge >= 0.3 is 5.16 Å². The number of nitrogens with zero attached hydrogens (tertiary/aromatic N) is 2. The zero-order valence-electron chi connectivity index (χ0n) is 13.6. The first kappa shape index (κ1) is 15.8. The molecule has 1 aromatic heterocycles. The molecule has 2 aromatic carbocycles. The maximum Gasteiger partial charge on any atom is 0.324 e. The van der Waals surface area contributed by atoms with Crippen molar-refractivity contribution in [2.24, 2.45) is 0 Å². The third-order valence-electron chi connectivity index (χ3n) is 4.31. The third-order valence-corrected chi connectivity index (χ3v) is 6.14. The second-order valence-corrected chi connectivity index (χ2v) is 7.80. The van der Waals surface area contributed by atoms with Crippen LogP contribution in [0.5, 0.6) is 5.75 Å². The highest BCUT2D eigenvalue weighted by Crippen LogP contribution is 2.34. The SMILES string of the molecule is COc1ccc(-n2cc(-c3ccc(Br)cc3)[n+]3c2SCC3C)cc1. The van der Waals surface area contributed by atoms with E-state index in [-0.39, 0.29) is 0 Å². The van der Waals surface area contributed by atoms with Gasteiger partial charge in [-0.2, -0.15) is 4.57 Å². The Balaban J connectivity index is 1.85. The Labute approximate surface area is 154 Å². The number of aromatic nitrogens is 2. The van der Waals surface area contributed by atoms with Crippen LogP contribution in [0.25, 0.3) is 16.9 Å². The molecule has 1 aliphatic rings. The molecule has 24 heavy (non-hydrogen) atoms. The molecule has 0 radical (unpaired) electrons. The van der Waals surface area contributed by atoms with Crippen LogP contribution in [0.15, 0.2) is 64.4 Å². The first-order chi connectivity index (χ1) is 11.7. The van der Waals surface area contributed by atoms with Crippen molar-refractivity contribution in [3.63, 3.8) is 0 Å². The third kappa shape index (κ3) is 2.66. The molecular formula is C19H18BrN2OS+. The molecule has 2 heterocycles. The Morgan fingerprint density at radius 2 is 1.83 bits per heavy atom. The molecule has 0 bridgehead atoms. The molecular weight excluding hydrogens is 384 g/mol. The molecule has 0 N–H and O–H groups in total.